The van der Waals surface area contributed by atoms with Crippen molar-refractivity contribution < 1.29 is 29.3 Å². The fourth-order valence-corrected chi connectivity index (χ4v) is 1.71. The van der Waals surface area contributed by atoms with Gasteiger partial charge in [-0.1, -0.05) is 0 Å². The summed E-state index contributed by atoms with van der Waals surface area (Å²) < 4.78 is 10.5. The van der Waals surface area contributed by atoms with E-state index in [0.29, 0.717) is 18.1 Å². The number of carboxylic acids is 1. The number of ether oxygens (including phenoxy) is 2. The summed E-state index contributed by atoms with van der Waals surface area (Å²) in [5.74, 6) is -0.865. The molecular weight excluding hydrogens is 278 g/mol. The average molecular weight is 297 g/mol. The van der Waals surface area contributed by atoms with Crippen LogP contribution in [0.15, 0.2) is 18.2 Å². The van der Waals surface area contributed by atoms with Gasteiger partial charge in [-0.05, 0) is 25.1 Å². The number of carbonyl (C=O) groups excluding carboxylic acids is 1. The second kappa shape index (κ2) is 8.11. The summed E-state index contributed by atoms with van der Waals surface area (Å²) in [6, 6.07) is 3.42. The normalized spacial score (nSPS) is 11.6. The van der Waals surface area contributed by atoms with Crippen LogP contribution in [0.2, 0.25) is 0 Å². The van der Waals surface area contributed by atoms with Crippen molar-refractivity contribution in [1.29, 1.82) is 0 Å². The van der Waals surface area contributed by atoms with E-state index in [9.17, 15) is 9.59 Å². The number of aliphatic hydroxyl groups is 1. The molecule has 21 heavy (non-hydrogen) atoms. The van der Waals surface area contributed by atoms with Crippen molar-refractivity contribution in [3.8, 4) is 11.5 Å². The zero-order valence-electron chi connectivity index (χ0n) is 12.0. The Morgan fingerprint density at radius 3 is 2.57 bits per heavy atom. The number of benzene rings is 1. The zero-order chi connectivity index (χ0) is 15.8. The van der Waals surface area contributed by atoms with Gasteiger partial charge >= 0.3 is 5.97 Å². The molecular formula is C14H19NO6. The Morgan fingerprint density at radius 2 is 2.05 bits per heavy atom. The standard InChI is InChI=1S/C14H19NO6/c1-3-21-12-8-9(4-5-11(12)20-2)13(17)15-10(6-7-16)14(18)19/h4-5,8,10,16H,3,6-7H2,1-2H3,(H,15,17)(H,18,19). The highest BCUT2D eigenvalue weighted by atomic mass is 16.5. The van der Waals surface area contributed by atoms with Crippen LogP contribution in [0.1, 0.15) is 23.7 Å². The Bertz CT molecular complexity index is 502. The number of aliphatic hydroxyl groups excluding tert-OH is 1. The van der Waals surface area contributed by atoms with Crippen LogP contribution < -0.4 is 14.8 Å². The first-order valence-electron chi connectivity index (χ1n) is 6.48. The molecule has 0 saturated carbocycles. The molecule has 1 aromatic carbocycles. The minimum atomic E-state index is -1.20. The summed E-state index contributed by atoms with van der Waals surface area (Å²) in [5, 5.41) is 20.1. The summed E-state index contributed by atoms with van der Waals surface area (Å²) in [7, 11) is 1.49. The number of carboxylic acid groups (broad SMARTS) is 1. The first kappa shape index (κ1) is 16.8. The number of nitrogens with one attached hydrogen (secondary N) is 1. The van der Waals surface area contributed by atoms with E-state index in [2.05, 4.69) is 5.32 Å². The van der Waals surface area contributed by atoms with E-state index >= 15 is 0 Å². The van der Waals surface area contributed by atoms with Crippen molar-refractivity contribution in [1.82, 2.24) is 5.32 Å². The van der Waals surface area contributed by atoms with Crippen LogP contribution >= 0.6 is 0 Å². The summed E-state index contributed by atoms with van der Waals surface area (Å²) in [6.45, 7) is 1.88. The number of hydrogen-bond acceptors (Lipinski definition) is 5. The van der Waals surface area contributed by atoms with Crippen molar-refractivity contribution >= 4 is 11.9 Å². The smallest absolute Gasteiger partial charge is 0.326 e. The van der Waals surface area contributed by atoms with Gasteiger partial charge in [0.05, 0.1) is 13.7 Å². The average Bonchev–Trinajstić information content (AvgIpc) is 2.46. The van der Waals surface area contributed by atoms with Crippen LogP contribution in [0.25, 0.3) is 0 Å². The molecule has 116 valence electrons. The first-order valence-corrected chi connectivity index (χ1v) is 6.48. The van der Waals surface area contributed by atoms with Crippen molar-refractivity contribution in [2.75, 3.05) is 20.3 Å². The SMILES string of the molecule is CCOc1cc(C(=O)NC(CCO)C(=O)O)ccc1OC. The summed E-state index contributed by atoms with van der Waals surface area (Å²) >= 11 is 0. The van der Waals surface area contributed by atoms with Crippen molar-refractivity contribution in [2.24, 2.45) is 0 Å². The largest absolute Gasteiger partial charge is 0.493 e. The first-order chi connectivity index (χ1) is 10.0. The molecule has 0 aliphatic heterocycles. The maximum Gasteiger partial charge on any atom is 0.326 e. The van der Waals surface area contributed by atoms with E-state index in [1.165, 1.54) is 19.2 Å². The van der Waals surface area contributed by atoms with E-state index in [-0.39, 0.29) is 18.6 Å². The van der Waals surface area contributed by atoms with Gasteiger partial charge in [0, 0.05) is 18.6 Å². The minimum absolute atomic E-state index is 0.0600. The molecule has 0 heterocycles. The predicted octanol–water partition coefficient (Wildman–Crippen LogP) is 0.659. The van der Waals surface area contributed by atoms with Crippen LogP contribution in [-0.4, -0.2) is 48.5 Å². The third kappa shape index (κ3) is 4.64. The van der Waals surface area contributed by atoms with Gasteiger partial charge in [-0.3, -0.25) is 4.79 Å². The lowest BCUT2D eigenvalue weighted by Crippen LogP contribution is -2.41. The third-order valence-corrected chi connectivity index (χ3v) is 2.75. The van der Waals surface area contributed by atoms with Crippen molar-refractivity contribution in [3.63, 3.8) is 0 Å². The molecule has 7 nitrogen and oxygen atoms in total. The summed E-state index contributed by atoms with van der Waals surface area (Å²) in [4.78, 5) is 23.0. The molecule has 1 amide bonds. The lowest BCUT2D eigenvalue weighted by atomic mass is 10.1. The zero-order valence-corrected chi connectivity index (χ0v) is 12.0. The van der Waals surface area contributed by atoms with Gasteiger partial charge in [-0.25, -0.2) is 4.79 Å². The Morgan fingerprint density at radius 1 is 1.33 bits per heavy atom. The minimum Gasteiger partial charge on any atom is -0.493 e. The molecule has 0 aliphatic carbocycles. The highest BCUT2D eigenvalue weighted by Crippen LogP contribution is 2.28. The fraction of sp³-hybridized carbons (Fsp3) is 0.429. The lowest BCUT2D eigenvalue weighted by Gasteiger charge is -2.14. The maximum atomic E-state index is 12.0. The second-order valence-corrected chi connectivity index (χ2v) is 4.18. The summed E-state index contributed by atoms with van der Waals surface area (Å²) in [5.41, 5.74) is 0.253. The topological polar surface area (TPSA) is 105 Å². The Hall–Kier alpha value is -2.28. The van der Waals surface area contributed by atoms with Gasteiger partial charge in [-0.2, -0.15) is 0 Å². The third-order valence-electron chi connectivity index (χ3n) is 2.75. The molecule has 1 aromatic rings. The molecule has 1 rings (SSSR count). The molecule has 0 fully saturated rings. The number of aliphatic carboxylic acids is 1. The molecule has 0 bridgehead atoms. The molecule has 1 atom stereocenters. The highest BCUT2D eigenvalue weighted by Gasteiger charge is 2.20. The molecule has 3 N–H and O–H groups in total. The number of hydrogen-bond donors (Lipinski definition) is 3. The number of amides is 1. The highest BCUT2D eigenvalue weighted by molar-refractivity contribution is 5.97. The van der Waals surface area contributed by atoms with Crippen LogP contribution in [-0.2, 0) is 4.79 Å². The van der Waals surface area contributed by atoms with Crippen molar-refractivity contribution in [3.05, 3.63) is 23.8 Å². The predicted molar refractivity (Wildman–Crippen MR) is 74.8 cm³/mol. The number of carbonyl (C=O) groups is 2. The van der Waals surface area contributed by atoms with Gasteiger partial charge in [0.15, 0.2) is 11.5 Å². The second-order valence-electron chi connectivity index (χ2n) is 4.18. The van der Waals surface area contributed by atoms with E-state index in [1.54, 1.807) is 13.0 Å². The van der Waals surface area contributed by atoms with Gasteiger partial charge in [0.1, 0.15) is 6.04 Å². The molecule has 0 saturated heterocycles. The fourth-order valence-electron chi connectivity index (χ4n) is 1.71. The molecule has 7 heteroatoms. The molecule has 0 aliphatic rings. The quantitative estimate of drug-likeness (QED) is 0.651. The Kier molecular flexibility index (Phi) is 6.48. The van der Waals surface area contributed by atoms with E-state index in [0.717, 1.165) is 0 Å². The van der Waals surface area contributed by atoms with Crippen molar-refractivity contribution in [2.45, 2.75) is 19.4 Å². The Labute approximate surface area is 122 Å². The van der Waals surface area contributed by atoms with Gasteiger partial charge in [-0.15, -0.1) is 0 Å². The molecule has 0 radical (unpaired) electrons. The van der Waals surface area contributed by atoms with E-state index in [4.69, 9.17) is 19.7 Å². The van der Waals surface area contributed by atoms with E-state index < -0.39 is 17.9 Å². The van der Waals surface area contributed by atoms with Crippen LogP contribution in [0.5, 0.6) is 11.5 Å². The molecule has 0 spiro atoms. The van der Waals surface area contributed by atoms with Crippen LogP contribution in [0.3, 0.4) is 0 Å². The number of rotatable bonds is 8. The Balaban J connectivity index is 2.91. The molecule has 1 unspecified atom stereocenters. The lowest BCUT2D eigenvalue weighted by molar-refractivity contribution is -0.139. The molecule has 0 aromatic heterocycles. The monoisotopic (exact) mass is 297 g/mol. The van der Waals surface area contributed by atoms with Crippen LogP contribution in [0.4, 0.5) is 0 Å². The number of methoxy groups -OCH3 is 1. The maximum absolute atomic E-state index is 12.0. The van der Waals surface area contributed by atoms with Gasteiger partial charge in [0.2, 0.25) is 0 Å². The summed E-state index contributed by atoms with van der Waals surface area (Å²) in [6.07, 6.45) is -0.0600. The van der Waals surface area contributed by atoms with Gasteiger partial charge in [0.25, 0.3) is 5.91 Å². The van der Waals surface area contributed by atoms with E-state index in [1.807, 2.05) is 0 Å². The van der Waals surface area contributed by atoms with Crippen LogP contribution in [0, 0.1) is 0 Å². The van der Waals surface area contributed by atoms with Gasteiger partial charge < -0.3 is 25.0 Å².